The van der Waals surface area contributed by atoms with Gasteiger partial charge in [-0.3, -0.25) is 0 Å². The van der Waals surface area contributed by atoms with Crippen molar-refractivity contribution in [2.75, 3.05) is 19.6 Å². The van der Waals surface area contributed by atoms with Crippen LogP contribution in [0.1, 0.15) is 20.8 Å². The minimum absolute atomic E-state index is 0.320. The van der Waals surface area contributed by atoms with Gasteiger partial charge in [0.15, 0.2) is 5.92 Å². The molecule has 116 valence electrons. The van der Waals surface area contributed by atoms with Crippen LogP contribution in [-0.4, -0.2) is 38.0 Å². The molecule has 0 bridgehead atoms. The number of hydrogen-bond acceptors (Lipinski definition) is 2. The third-order valence-corrected chi connectivity index (χ3v) is 2.46. The van der Waals surface area contributed by atoms with Crippen molar-refractivity contribution in [1.82, 2.24) is 10.6 Å². The lowest BCUT2D eigenvalue weighted by Crippen LogP contribution is -2.47. The van der Waals surface area contributed by atoms with E-state index >= 15 is 0 Å². The van der Waals surface area contributed by atoms with Crippen LogP contribution in [0.25, 0.3) is 0 Å². The Morgan fingerprint density at radius 1 is 0.789 bits per heavy atom. The fourth-order valence-corrected chi connectivity index (χ4v) is 1.40. The molecule has 19 heavy (non-hydrogen) atoms. The summed E-state index contributed by atoms with van der Waals surface area (Å²) in [6, 6.07) is -0.467. The predicted molar refractivity (Wildman–Crippen MR) is 60.8 cm³/mol. The molecule has 1 unspecified atom stereocenters. The highest BCUT2D eigenvalue weighted by molar-refractivity contribution is 4.79. The molecule has 0 aliphatic rings. The maximum atomic E-state index is 12.2. The smallest absolute Gasteiger partial charge is 0.315 e. The largest absolute Gasteiger partial charge is 0.401 e. The van der Waals surface area contributed by atoms with Crippen molar-refractivity contribution in [2.24, 2.45) is 11.8 Å². The lowest BCUT2D eigenvalue weighted by molar-refractivity contribution is -0.282. The van der Waals surface area contributed by atoms with Crippen LogP contribution in [0, 0.1) is 11.8 Å². The van der Waals surface area contributed by atoms with Crippen LogP contribution in [-0.2, 0) is 0 Å². The van der Waals surface area contributed by atoms with Gasteiger partial charge in [0.2, 0.25) is 0 Å². The first-order valence-corrected chi connectivity index (χ1v) is 6.02. The minimum Gasteiger partial charge on any atom is -0.315 e. The van der Waals surface area contributed by atoms with Gasteiger partial charge in [-0.2, -0.15) is 26.3 Å². The standard InChI is InChI=1S/C11H20F6N2/c1-7(2)4-18-5-8(3)19-6-9(10(12,13)14)11(15,16)17/h7-9,18-19H,4-6H2,1-3H3. The molecule has 2 N–H and O–H groups in total. The van der Waals surface area contributed by atoms with E-state index in [9.17, 15) is 26.3 Å². The van der Waals surface area contributed by atoms with Gasteiger partial charge in [-0.25, -0.2) is 0 Å². The molecule has 0 spiro atoms. The van der Waals surface area contributed by atoms with Gasteiger partial charge in [-0.15, -0.1) is 0 Å². The van der Waals surface area contributed by atoms with Gasteiger partial charge >= 0.3 is 12.4 Å². The van der Waals surface area contributed by atoms with Gasteiger partial charge < -0.3 is 10.6 Å². The summed E-state index contributed by atoms with van der Waals surface area (Å²) in [5, 5.41) is 5.23. The van der Waals surface area contributed by atoms with Crippen molar-refractivity contribution in [3.8, 4) is 0 Å². The van der Waals surface area contributed by atoms with E-state index in [1.54, 1.807) is 0 Å². The normalized spacial score (nSPS) is 15.3. The summed E-state index contributed by atoms with van der Waals surface area (Å²) in [7, 11) is 0. The van der Waals surface area contributed by atoms with Gasteiger partial charge in [-0.1, -0.05) is 13.8 Å². The van der Waals surface area contributed by atoms with Crippen molar-refractivity contribution in [2.45, 2.75) is 39.2 Å². The molecule has 2 nitrogen and oxygen atoms in total. The van der Waals surface area contributed by atoms with Crippen molar-refractivity contribution < 1.29 is 26.3 Å². The predicted octanol–water partition coefficient (Wildman–Crippen LogP) is 2.95. The van der Waals surface area contributed by atoms with Gasteiger partial charge in [0.05, 0.1) is 0 Å². The van der Waals surface area contributed by atoms with Crippen LogP contribution >= 0.6 is 0 Å². The van der Waals surface area contributed by atoms with E-state index < -0.39 is 30.9 Å². The average molecular weight is 294 g/mol. The molecule has 0 heterocycles. The Bertz CT molecular complexity index is 235. The van der Waals surface area contributed by atoms with Crippen molar-refractivity contribution in [3.05, 3.63) is 0 Å². The van der Waals surface area contributed by atoms with Crippen LogP contribution in [0.4, 0.5) is 26.3 Å². The van der Waals surface area contributed by atoms with Crippen molar-refractivity contribution in [1.29, 1.82) is 0 Å². The zero-order valence-electron chi connectivity index (χ0n) is 11.1. The van der Waals surface area contributed by atoms with Crippen LogP contribution < -0.4 is 10.6 Å². The quantitative estimate of drug-likeness (QED) is 0.705. The number of alkyl halides is 6. The zero-order valence-corrected chi connectivity index (χ0v) is 11.1. The lowest BCUT2D eigenvalue weighted by atomic mass is 10.1. The molecular weight excluding hydrogens is 274 g/mol. The highest BCUT2D eigenvalue weighted by Gasteiger charge is 2.56. The summed E-state index contributed by atoms with van der Waals surface area (Å²) in [4.78, 5) is 0. The summed E-state index contributed by atoms with van der Waals surface area (Å²) in [6.07, 6.45) is -10.6. The molecule has 0 aliphatic carbocycles. The Hall–Kier alpha value is -0.500. The van der Waals surface area contributed by atoms with Gasteiger partial charge in [0.25, 0.3) is 0 Å². The molecule has 0 rings (SSSR count). The highest BCUT2D eigenvalue weighted by Crippen LogP contribution is 2.38. The molecule has 0 aromatic carbocycles. The Morgan fingerprint density at radius 2 is 1.26 bits per heavy atom. The SMILES string of the molecule is CC(C)CNCC(C)NCC(C(F)(F)F)C(F)(F)F. The van der Waals surface area contributed by atoms with E-state index in [0.717, 1.165) is 0 Å². The summed E-state index contributed by atoms with van der Waals surface area (Å²) < 4.78 is 73.5. The molecule has 0 aliphatic heterocycles. The maximum absolute atomic E-state index is 12.2. The average Bonchev–Trinajstić information content (AvgIpc) is 2.12. The van der Waals surface area contributed by atoms with E-state index in [2.05, 4.69) is 10.6 Å². The van der Waals surface area contributed by atoms with Gasteiger partial charge in [0, 0.05) is 19.1 Å². The van der Waals surface area contributed by atoms with Crippen molar-refractivity contribution in [3.63, 3.8) is 0 Å². The van der Waals surface area contributed by atoms with E-state index in [1.165, 1.54) is 6.92 Å². The van der Waals surface area contributed by atoms with E-state index in [1.807, 2.05) is 13.8 Å². The summed E-state index contributed by atoms with van der Waals surface area (Å²) in [6.45, 7) is 5.27. The topological polar surface area (TPSA) is 24.1 Å². The summed E-state index contributed by atoms with van der Waals surface area (Å²) in [5.41, 5.74) is 0. The monoisotopic (exact) mass is 294 g/mol. The summed E-state index contributed by atoms with van der Waals surface area (Å²) in [5.74, 6) is -2.96. The molecule has 1 atom stereocenters. The molecule has 0 saturated heterocycles. The number of rotatable bonds is 7. The zero-order chi connectivity index (χ0) is 15.3. The minimum atomic E-state index is -5.28. The van der Waals surface area contributed by atoms with Gasteiger partial charge in [-0.05, 0) is 19.4 Å². The molecular formula is C11H20F6N2. The van der Waals surface area contributed by atoms with Crippen LogP contribution in [0.15, 0.2) is 0 Å². The number of halogens is 6. The number of hydrogen-bond donors (Lipinski definition) is 2. The first-order chi connectivity index (χ1) is 8.44. The Kier molecular flexibility index (Phi) is 7.13. The molecule has 0 aromatic heterocycles. The fourth-order valence-electron chi connectivity index (χ4n) is 1.40. The Morgan fingerprint density at radius 3 is 1.63 bits per heavy atom. The van der Waals surface area contributed by atoms with Crippen molar-refractivity contribution >= 4 is 0 Å². The van der Waals surface area contributed by atoms with Crippen LogP contribution in [0.5, 0.6) is 0 Å². The number of nitrogens with one attached hydrogen (secondary N) is 2. The lowest BCUT2D eigenvalue weighted by Gasteiger charge is -2.25. The molecule has 0 amide bonds. The second kappa shape index (κ2) is 7.33. The van der Waals surface area contributed by atoms with E-state index in [0.29, 0.717) is 19.0 Å². The first kappa shape index (κ1) is 18.5. The third kappa shape index (κ3) is 8.30. The molecule has 0 aromatic rings. The van der Waals surface area contributed by atoms with E-state index in [4.69, 9.17) is 0 Å². The fraction of sp³-hybridized carbons (Fsp3) is 1.00. The molecule has 0 radical (unpaired) electrons. The maximum Gasteiger partial charge on any atom is 0.401 e. The molecule has 0 fully saturated rings. The van der Waals surface area contributed by atoms with Crippen LogP contribution in [0.3, 0.4) is 0 Å². The molecule has 8 heteroatoms. The van der Waals surface area contributed by atoms with Gasteiger partial charge in [0.1, 0.15) is 0 Å². The second-order valence-electron chi connectivity index (χ2n) is 5.00. The second-order valence-corrected chi connectivity index (χ2v) is 5.00. The van der Waals surface area contributed by atoms with E-state index in [-0.39, 0.29) is 0 Å². The van der Waals surface area contributed by atoms with Crippen LogP contribution in [0.2, 0.25) is 0 Å². The first-order valence-electron chi connectivity index (χ1n) is 6.02. The third-order valence-electron chi connectivity index (χ3n) is 2.46. The Balaban J connectivity index is 4.19. The Labute approximate surface area is 108 Å². The molecule has 0 saturated carbocycles. The highest BCUT2D eigenvalue weighted by atomic mass is 19.4. The summed E-state index contributed by atoms with van der Waals surface area (Å²) >= 11 is 0.